The van der Waals surface area contributed by atoms with Crippen molar-refractivity contribution in [2.24, 2.45) is 18.9 Å². The molecule has 5 nitrogen and oxygen atoms in total. The molecular formula is C26H35N3O2. The zero-order valence-corrected chi connectivity index (χ0v) is 19.3. The van der Waals surface area contributed by atoms with Crippen molar-refractivity contribution in [1.82, 2.24) is 14.7 Å². The van der Waals surface area contributed by atoms with Gasteiger partial charge in [0.15, 0.2) is 0 Å². The molecule has 2 aromatic carbocycles. The monoisotopic (exact) mass is 421 g/mol. The average Bonchev–Trinajstić information content (AvgIpc) is 3.04. The third kappa shape index (κ3) is 6.18. The Morgan fingerprint density at radius 1 is 0.935 bits per heavy atom. The molecule has 166 valence electrons. The molecule has 0 radical (unpaired) electrons. The molecular weight excluding hydrogens is 386 g/mol. The van der Waals surface area contributed by atoms with Crippen LogP contribution in [0.25, 0.3) is 11.3 Å². The lowest BCUT2D eigenvalue weighted by atomic mass is 10.0. The Balaban J connectivity index is 2.01. The van der Waals surface area contributed by atoms with Crippen LogP contribution in [0, 0.1) is 11.8 Å². The van der Waals surface area contributed by atoms with Crippen LogP contribution in [0.3, 0.4) is 0 Å². The highest BCUT2D eigenvalue weighted by atomic mass is 16.5. The fraction of sp³-hybridized carbons (Fsp3) is 0.423. The zero-order valence-electron chi connectivity index (χ0n) is 19.3. The second kappa shape index (κ2) is 10.6. The first-order chi connectivity index (χ1) is 14.8. The summed E-state index contributed by atoms with van der Waals surface area (Å²) in [6.45, 7) is 10.7. The summed E-state index contributed by atoms with van der Waals surface area (Å²) >= 11 is 0. The Kier molecular flexibility index (Phi) is 7.88. The maximum atomic E-state index is 10.6. The number of aryl methyl sites for hydroxylation is 1. The molecule has 1 atom stereocenters. The highest BCUT2D eigenvalue weighted by molar-refractivity contribution is 5.65. The summed E-state index contributed by atoms with van der Waals surface area (Å²) in [5, 5.41) is 15.4. The summed E-state index contributed by atoms with van der Waals surface area (Å²) < 4.78 is 8.13. The number of aliphatic hydroxyl groups excluding tert-OH is 1. The van der Waals surface area contributed by atoms with Crippen LogP contribution in [-0.2, 0) is 13.6 Å². The van der Waals surface area contributed by atoms with Crippen LogP contribution in [0.1, 0.15) is 33.3 Å². The molecule has 1 N–H and O–H groups in total. The first-order valence-electron chi connectivity index (χ1n) is 11.1. The summed E-state index contributed by atoms with van der Waals surface area (Å²) in [5.41, 5.74) is 3.01. The minimum Gasteiger partial charge on any atom is -0.439 e. The summed E-state index contributed by atoms with van der Waals surface area (Å²) in [7, 11) is 1.92. The fourth-order valence-electron chi connectivity index (χ4n) is 3.67. The van der Waals surface area contributed by atoms with Gasteiger partial charge >= 0.3 is 0 Å². The van der Waals surface area contributed by atoms with Crippen molar-refractivity contribution >= 4 is 0 Å². The van der Waals surface area contributed by atoms with E-state index >= 15 is 0 Å². The number of hydrogen-bond donors (Lipinski definition) is 1. The molecule has 0 unspecified atom stereocenters. The maximum Gasteiger partial charge on any atom is 0.222 e. The quantitative estimate of drug-likeness (QED) is 0.479. The molecule has 1 heterocycles. The van der Waals surface area contributed by atoms with E-state index in [1.807, 2.05) is 60.3 Å². The Morgan fingerprint density at radius 3 is 2.13 bits per heavy atom. The molecule has 3 rings (SSSR count). The normalized spacial score (nSPS) is 12.7. The number of hydrogen-bond acceptors (Lipinski definition) is 4. The minimum absolute atomic E-state index is 0.206. The van der Waals surface area contributed by atoms with Gasteiger partial charge in [0, 0.05) is 32.2 Å². The Morgan fingerprint density at radius 2 is 1.55 bits per heavy atom. The highest BCUT2D eigenvalue weighted by Crippen LogP contribution is 2.34. The standard InChI is InChI=1S/C26H35N3O2/c1-19(2)16-29(18-24(30)20(3)4)17-23-25(21-12-8-6-9-13-21)27-28(5)26(23)31-22-14-10-7-11-15-22/h6-15,19-20,24,30H,16-18H2,1-5H3/t24-/m1/s1. The predicted molar refractivity (Wildman–Crippen MR) is 126 cm³/mol. The molecule has 0 aliphatic carbocycles. The maximum absolute atomic E-state index is 10.6. The van der Waals surface area contributed by atoms with Crippen molar-refractivity contribution in [3.8, 4) is 22.9 Å². The lowest BCUT2D eigenvalue weighted by molar-refractivity contribution is 0.0680. The van der Waals surface area contributed by atoms with E-state index in [-0.39, 0.29) is 12.0 Å². The van der Waals surface area contributed by atoms with Crippen LogP contribution in [0.5, 0.6) is 11.6 Å². The number of ether oxygens (including phenoxy) is 1. The van der Waals surface area contributed by atoms with Crippen LogP contribution >= 0.6 is 0 Å². The van der Waals surface area contributed by atoms with Crippen LogP contribution in [-0.4, -0.2) is 39.0 Å². The molecule has 0 saturated heterocycles. The number of aliphatic hydroxyl groups is 1. The van der Waals surface area contributed by atoms with Gasteiger partial charge in [-0.05, 0) is 24.0 Å². The molecule has 31 heavy (non-hydrogen) atoms. The summed E-state index contributed by atoms with van der Waals surface area (Å²) in [6.07, 6.45) is -0.380. The molecule has 0 amide bonds. The van der Waals surface area contributed by atoms with Crippen molar-refractivity contribution < 1.29 is 9.84 Å². The second-order valence-electron chi connectivity index (χ2n) is 8.94. The summed E-state index contributed by atoms with van der Waals surface area (Å²) in [6, 6.07) is 20.0. The van der Waals surface area contributed by atoms with Gasteiger partial charge in [0.25, 0.3) is 0 Å². The molecule has 0 spiro atoms. The van der Waals surface area contributed by atoms with Gasteiger partial charge < -0.3 is 9.84 Å². The van der Waals surface area contributed by atoms with E-state index in [2.05, 4.69) is 44.7 Å². The van der Waals surface area contributed by atoms with Crippen molar-refractivity contribution in [3.05, 3.63) is 66.2 Å². The fourth-order valence-corrected chi connectivity index (χ4v) is 3.67. The van der Waals surface area contributed by atoms with Crippen molar-refractivity contribution in [1.29, 1.82) is 0 Å². The lowest BCUT2D eigenvalue weighted by Gasteiger charge is -2.28. The molecule has 0 aliphatic heterocycles. The first kappa shape index (κ1) is 23.0. The van der Waals surface area contributed by atoms with E-state index in [9.17, 15) is 5.11 Å². The number of aromatic nitrogens is 2. The van der Waals surface area contributed by atoms with Gasteiger partial charge in [0.1, 0.15) is 11.4 Å². The average molecular weight is 422 g/mol. The second-order valence-corrected chi connectivity index (χ2v) is 8.94. The molecule has 0 fully saturated rings. The van der Waals surface area contributed by atoms with Crippen molar-refractivity contribution in [2.75, 3.05) is 13.1 Å². The van der Waals surface area contributed by atoms with E-state index in [1.54, 1.807) is 0 Å². The Labute approximate surface area is 186 Å². The molecule has 0 bridgehead atoms. The number of para-hydroxylation sites is 1. The minimum atomic E-state index is -0.380. The predicted octanol–water partition coefficient (Wildman–Crippen LogP) is 5.35. The smallest absolute Gasteiger partial charge is 0.222 e. The van der Waals surface area contributed by atoms with Gasteiger partial charge in [-0.15, -0.1) is 0 Å². The van der Waals surface area contributed by atoms with Gasteiger partial charge in [-0.2, -0.15) is 5.10 Å². The summed E-state index contributed by atoms with van der Waals surface area (Å²) in [5.74, 6) is 2.20. The number of rotatable bonds is 10. The SMILES string of the molecule is CC(C)CN(Cc1c(-c2ccccc2)nn(C)c1Oc1ccccc1)C[C@@H](O)C(C)C. The van der Waals surface area contributed by atoms with Crippen LogP contribution in [0.15, 0.2) is 60.7 Å². The third-order valence-corrected chi connectivity index (χ3v) is 5.31. The molecule has 5 heteroatoms. The highest BCUT2D eigenvalue weighted by Gasteiger charge is 2.24. The van der Waals surface area contributed by atoms with Crippen LogP contribution in [0.2, 0.25) is 0 Å². The first-order valence-corrected chi connectivity index (χ1v) is 11.1. The molecule has 3 aromatic rings. The Bertz CT molecular complexity index is 936. The van der Waals surface area contributed by atoms with Gasteiger partial charge in [0.05, 0.1) is 11.7 Å². The van der Waals surface area contributed by atoms with Crippen LogP contribution < -0.4 is 4.74 Å². The molecule has 1 aromatic heterocycles. The topological polar surface area (TPSA) is 50.5 Å². The lowest BCUT2D eigenvalue weighted by Crippen LogP contribution is -2.37. The van der Waals surface area contributed by atoms with Crippen molar-refractivity contribution in [2.45, 2.75) is 40.3 Å². The summed E-state index contributed by atoms with van der Waals surface area (Å²) in [4.78, 5) is 2.32. The molecule has 0 saturated carbocycles. The van der Waals surface area contributed by atoms with E-state index in [0.29, 0.717) is 19.0 Å². The number of benzene rings is 2. The molecule has 0 aliphatic rings. The number of nitrogens with zero attached hydrogens (tertiary/aromatic N) is 3. The van der Waals surface area contributed by atoms with E-state index in [4.69, 9.17) is 9.84 Å². The van der Waals surface area contributed by atoms with E-state index in [0.717, 1.165) is 35.0 Å². The van der Waals surface area contributed by atoms with E-state index in [1.165, 1.54) is 0 Å². The van der Waals surface area contributed by atoms with Gasteiger partial charge in [-0.3, -0.25) is 4.90 Å². The zero-order chi connectivity index (χ0) is 22.4. The Hall–Kier alpha value is -2.63. The largest absolute Gasteiger partial charge is 0.439 e. The van der Waals surface area contributed by atoms with Gasteiger partial charge in [-0.1, -0.05) is 76.2 Å². The van der Waals surface area contributed by atoms with Gasteiger partial charge in [0.2, 0.25) is 5.88 Å². The van der Waals surface area contributed by atoms with Gasteiger partial charge in [-0.25, -0.2) is 4.68 Å². The van der Waals surface area contributed by atoms with E-state index < -0.39 is 0 Å². The van der Waals surface area contributed by atoms with Crippen molar-refractivity contribution in [3.63, 3.8) is 0 Å². The van der Waals surface area contributed by atoms with Crippen LogP contribution in [0.4, 0.5) is 0 Å². The third-order valence-electron chi connectivity index (χ3n) is 5.31.